The molecule has 10 heteroatoms. The topological polar surface area (TPSA) is 156 Å². The van der Waals surface area contributed by atoms with Crippen molar-refractivity contribution >= 4 is 0 Å². The molecule has 10 heavy (non-hydrogen) atoms. The molecule has 6 N–H and O–H groups in total. The molecule has 0 aliphatic heterocycles. The molecule has 64 valence electrons. The first kappa shape index (κ1) is 13.1. The molecule has 0 bridgehead atoms. The molecular weight excluding hydrogens is 230 g/mol. The van der Waals surface area contributed by atoms with Crippen molar-refractivity contribution < 1.29 is 61.6 Å². The van der Waals surface area contributed by atoms with Gasteiger partial charge in [-0.05, 0) is 0 Å². The summed E-state index contributed by atoms with van der Waals surface area (Å²) in [6.45, 7) is 0. The van der Waals surface area contributed by atoms with Crippen molar-refractivity contribution in [2.75, 3.05) is 0 Å². The molecule has 8 nitrogen and oxygen atoms in total. The van der Waals surface area contributed by atoms with Crippen LogP contribution in [0.15, 0.2) is 0 Å². The zero-order chi connectivity index (χ0) is 9.00. The molecule has 0 unspecified atom stereocenters. The van der Waals surface area contributed by atoms with Crippen molar-refractivity contribution in [1.82, 2.24) is 0 Å². The first-order valence-corrected chi connectivity index (χ1v) is 6.45. The molecule has 0 rings (SSSR count). The fourth-order valence-corrected chi connectivity index (χ4v) is 0. The van der Waals surface area contributed by atoms with Crippen LogP contribution in [0.1, 0.15) is 0 Å². The van der Waals surface area contributed by atoms with E-state index < -0.39 is 30.0 Å². The second-order valence-corrected chi connectivity index (χ2v) is 4.23. The van der Waals surface area contributed by atoms with Gasteiger partial charge in [0.2, 0.25) is 0 Å². The van der Waals surface area contributed by atoms with Crippen molar-refractivity contribution in [1.29, 1.82) is 0 Å². The predicted molar refractivity (Wildman–Crippen MR) is 14.7 cm³/mol. The molecule has 0 amide bonds. The van der Waals surface area contributed by atoms with E-state index in [1.165, 1.54) is 0 Å². The van der Waals surface area contributed by atoms with Gasteiger partial charge < -0.3 is 0 Å². The number of hydrogen-bond acceptors (Lipinski definition) is 2. The summed E-state index contributed by atoms with van der Waals surface area (Å²) in [5, 5.41) is 0. The monoisotopic (exact) mass is 236 g/mol. The third-order valence-electron chi connectivity index (χ3n) is 0. The third kappa shape index (κ3) is 1730. The van der Waals surface area contributed by atoms with Gasteiger partial charge in [-0.2, -0.15) is 0 Å². The molecule has 0 heterocycles. The first-order chi connectivity index (χ1) is 4.00. The van der Waals surface area contributed by atoms with Gasteiger partial charge in [0.05, 0.1) is 0 Å². The maximum atomic E-state index is 8.94. The van der Waals surface area contributed by atoms with Gasteiger partial charge in [-0.3, -0.25) is 0 Å². The van der Waals surface area contributed by atoms with E-state index in [1.807, 2.05) is 0 Å². The molecule has 0 aromatic carbocycles. The Labute approximate surface area is 61.9 Å². The molecular formula is H6O8V2. The second-order valence-electron chi connectivity index (χ2n) is 1.03. The zero-order valence-electron chi connectivity index (χ0n) is 4.39. The summed E-state index contributed by atoms with van der Waals surface area (Å²) in [4.78, 5) is 0. The van der Waals surface area contributed by atoms with Crippen molar-refractivity contribution in [3.63, 3.8) is 0 Å². The van der Waals surface area contributed by atoms with Crippen LogP contribution in [0.5, 0.6) is 0 Å². The van der Waals surface area contributed by atoms with Crippen LogP contribution >= 0.6 is 0 Å². The summed E-state index contributed by atoms with van der Waals surface area (Å²) in [5.74, 6) is 0. The van der Waals surface area contributed by atoms with Crippen LogP contribution in [-0.2, 0) is 37.4 Å². The molecule has 0 fully saturated rings. The summed E-state index contributed by atoms with van der Waals surface area (Å²) < 4.78 is 61.4. The second kappa shape index (κ2) is 4.42. The van der Waals surface area contributed by atoms with E-state index >= 15 is 0 Å². The molecule has 0 radical (unpaired) electrons. The minimum atomic E-state index is -5.12. The average molecular weight is 236 g/mol. The van der Waals surface area contributed by atoms with Gasteiger partial charge >= 0.3 is 61.6 Å². The Morgan fingerprint density at radius 1 is 0.600 bits per heavy atom. The quantitative estimate of drug-likeness (QED) is 0.252. The van der Waals surface area contributed by atoms with E-state index in [-0.39, 0.29) is 0 Å². The van der Waals surface area contributed by atoms with Crippen molar-refractivity contribution in [2.24, 2.45) is 0 Å². The van der Waals surface area contributed by atoms with Gasteiger partial charge in [-0.15, -0.1) is 0 Å². The Hall–Kier alpha value is 0.529. The average Bonchev–Trinajstić information content (AvgIpc) is 1.12. The summed E-state index contributed by atoms with van der Waals surface area (Å²) in [6, 6.07) is 0. The van der Waals surface area contributed by atoms with E-state index in [2.05, 4.69) is 0 Å². The molecule has 0 saturated heterocycles. The van der Waals surface area contributed by atoms with Crippen molar-refractivity contribution in [2.45, 2.75) is 0 Å². The summed E-state index contributed by atoms with van der Waals surface area (Å²) in [6.07, 6.45) is 0. The van der Waals surface area contributed by atoms with Gasteiger partial charge in [-0.25, -0.2) is 0 Å². The number of rotatable bonds is 0. The van der Waals surface area contributed by atoms with E-state index in [4.69, 9.17) is 31.5 Å². The van der Waals surface area contributed by atoms with Crippen LogP contribution in [0.25, 0.3) is 0 Å². The van der Waals surface area contributed by atoms with Crippen molar-refractivity contribution in [3.05, 3.63) is 0 Å². The van der Waals surface area contributed by atoms with E-state index in [9.17, 15) is 0 Å². The maximum absolute atomic E-state index is 8.94. The summed E-state index contributed by atoms with van der Waals surface area (Å²) in [7, 11) is 0. The fourth-order valence-electron chi connectivity index (χ4n) is 0. The van der Waals surface area contributed by atoms with E-state index in [1.54, 1.807) is 0 Å². The Morgan fingerprint density at radius 3 is 0.600 bits per heavy atom. The van der Waals surface area contributed by atoms with Gasteiger partial charge in [0, 0.05) is 0 Å². The van der Waals surface area contributed by atoms with Crippen LogP contribution in [-0.4, -0.2) is 24.2 Å². The van der Waals surface area contributed by atoms with Gasteiger partial charge in [0.25, 0.3) is 0 Å². The predicted octanol–water partition coefficient (Wildman–Crippen LogP) is -3.58. The standard InChI is InChI=1S/6H2O.2O.2V/h6*1H2;;;;/q;;;;;;;;2*+3/p-6. The van der Waals surface area contributed by atoms with Crippen LogP contribution in [0.4, 0.5) is 0 Å². The summed E-state index contributed by atoms with van der Waals surface area (Å²) >= 11 is -10.2. The normalized spacial score (nSPS) is 11.8. The van der Waals surface area contributed by atoms with Crippen LogP contribution in [0.2, 0.25) is 0 Å². The summed E-state index contributed by atoms with van der Waals surface area (Å²) in [5.41, 5.74) is 0. The van der Waals surface area contributed by atoms with E-state index in [0.717, 1.165) is 0 Å². The molecule has 0 spiro atoms. The molecule has 0 saturated carbocycles. The first-order valence-electron chi connectivity index (χ1n) is 1.57. The van der Waals surface area contributed by atoms with E-state index in [0.29, 0.717) is 0 Å². The Morgan fingerprint density at radius 2 is 0.600 bits per heavy atom. The van der Waals surface area contributed by atoms with Crippen molar-refractivity contribution in [3.8, 4) is 0 Å². The fraction of sp³-hybridized carbons (Fsp3) is 0. The molecule has 0 aromatic rings. The number of hydrogen-bond donors (Lipinski definition) is 6. The van der Waals surface area contributed by atoms with Gasteiger partial charge in [0.15, 0.2) is 0 Å². The molecule has 0 aromatic heterocycles. The molecule has 0 aliphatic rings. The Balaban J connectivity index is 0. The van der Waals surface area contributed by atoms with Crippen LogP contribution in [0.3, 0.4) is 0 Å². The van der Waals surface area contributed by atoms with Crippen LogP contribution < -0.4 is 0 Å². The minimum absolute atomic E-state index is 5.12. The third-order valence-corrected chi connectivity index (χ3v) is 0. The Kier molecular flexibility index (Phi) is 5.80. The Bertz CT molecular complexity index is 120. The van der Waals surface area contributed by atoms with Gasteiger partial charge in [-0.1, -0.05) is 0 Å². The van der Waals surface area contributed by atoms with Crippen LogP contribution in [0, 0.1) is 0 Å². The molecule has 0 atom stereocenters. The zero-order valence-corrected chi connectivity index (χ0v) is 7.19. The SMILES string of the molecule is [O]=[V]([OH])([OH])[OH].[O]=[V]([OH])([OH])[OH]. The molecule has 0 aliphatic carbocycles. The van der Waals surface area contributed by atoms with Gasteiger partial charge in [0.1, 0.15) is 0 Å².